The molecule has 0 spiro atoms. The van der Waals surface area contributed by atoms with Crippen molar-refractivity contribution in [3.8, 4) is 0 Å². The molecule has 0 saturated carbocycles. The van der Waals surface area contributed by atoms with Gasteiger partial charge in [-0.1, -0.05) is 0 Å². The van der Waals surface area contributed by atoms with Crippen LogP contribution in [0.1, 0.15) is 31.6 Å². The van der Waals surface area contributed by atoms with Gasteiger partial charge in [0.05, 0.1) is 12.3 Å². The molecular formula is C11H19NO2. The van der Waals surface area contributed by atoms with E-state index >= 15 is 0 Å². The van der Waals surface area contributed by atoms with E-state index in [0.717, 1.165) is 31.8 Å². The van der Waals surface area contributed by atoms with Gasteiger partial charge >= 0.3 is 0 Å². The summed E-state index contributed by atoms with van der Waals surface area (Å²) in [7, 11) is 1.74. The Labute approximate surface area is 85.4 Å². The molecule has 0 aliphatic heterocycles. The zero-order valence-corrected chi connectivity index (χ0v) is 8.95. The number of hydrogen-bond acceptors (Lipinski definition) is 3. The molecule has 1 heterocycles. The van der Waals surface area contributed by atoms with Crippen molar-refractivity contribution in [1.82, 2.24) is 5.32 Å². The van der Waals surface area contributed by atoms with Crippen LogP contribution in [-0.2, 0) is 4.74 Å². The number of nitrogens with one attached hydrogen (secondary N) is 1. The van der Waals surface area contributed by atoms with Crippen molar-refractivity contribution < 1.29 is 9.15 Å². The van der Waals surface area contributed by atoms with Crippen LogP contribution in [0.5, 0.6) is 0 Å². The Morgan fingerprint density at radius 2 is 2.36 bits per heavy atom. The van der Waals surface area contributed by atoms with Gasteiger partial charge in [-0.15, -0.1) is 0 Å². The summed E-state index contributed by atoms with van der Waals surface area (Å²) in [6.07, 6.45) is 3.95. The van der Waals surface area contributed by atoms with Gasteiger partial charge in [0.15, 0.2) is 0 Å². The van der Waals surface area contributed by atoms with Crippen LogP contribution in [0.2, 0.25) is 0 Å². The van der Waals surface area contributed by atoms with E-state index in [0.29, 0.717) is 6.04 Å². The summed E-state index contributed by atoms with van der Waals surface area (Å²) < 4.78 is 10.3. The van der Waals surface area contributed by atoms with Gasteiger partial charge in [-0.2, -0.15) is 0 Å². The van der Waals surface area contributed by atoms with Crippen LogP contribution in [0.3, 0.4) is 0 Å². The lowest BCUT2D eigenvalue weighted by Gasteiger charge is -2.10. The monoisotopic (exact) mass is 197 g/mol. The van der Waals surface area contributed by atoms with Gasteiger partial charge in [0.1, 0.15) is 5.76 Å². The van der Waals surface area contributed by atoms with Crippen LogP contribution in [-0.4, -0.2) is 20.3 Å². The van der Waals surface area contributed by atoms with Crippen LogP contribution < -0.4 is 5.32 Å². The van der Waals surface area contributed by atoms with Crippen LogP contribution in [0.4, 0.5) is 0 Å². The van der Waals surface area contributed by atoms with Crippen molar-refractivity contribution in [2.24, 2.45) is 0 Å². The Morgan fingerprint density at radius 1 is 1.50 bits per heavy atom. The Hall–Kier alpha value is -0.800. The summed E-state index contributed by atoms with van der Waals surface area (Å²) in [5.74, 6) is 0.997. The van der Waals surface area contributed by atoms with E-state index in [1.807, 2.05) is 12.1 Å². The predicted molar refractivity (Wildman–Crippen MR) is 56.2 cm³/mol. The minimum absolute atomic E-state index is 0.299. The molecule has 14 heavy (non-hydrogen) atoms. The molecule has 1 atom stereocenters. The normalized spacial score (nSPS) is 13.0. The third-order valence-electron chi connectivity index (χ3n) is 2.20. The highest BCUT2D eigenvalue weighted by atomic mass is 16.5. The smallest absolute Gasteiger partial charge is 0.120 e. The highest BCUT2D eigenvalue weighted by molar-refractivity contribution is 5.02. The van der Waals surface area contributed by atoms with Gasteiger partial charge in [-0.25, -0.2) is 0 Å². The average molecular weight is 197 g/mol. The molecule has 0 saturated heterocycles. The number of ether oxygens (including phenoxy) is 1. The molecule has 3 nitrogen and oxygen atoms in total. The molecular weight excluding hydrogens is 178 g/mol. The Morgan fingerprint density at radius 3 is 3.00 bits per heavy atom. The molecule has 1 N–H and O–H groups in total. The summed E-state index contributed by atoms with van der Waals surface area (Å²) in [5.41, 5.74) is 0. The maximum atomic E-state index is 5.29. The summed E-state index contributed by atoms with van der Waals surface area (Å²) in [5, 5.41) is 3.39. The van der Waals surface area contributed by atoms with Gasteiger partial charge in [-0.3, -0.25) is 0 Å². The molecule has 0 bridgehead atoms. The fraction of sp³-hybridized carbons (Fsp3) is 0.636. The third-order valence-corrected chi connectivity index (χ3v) is 2.20. The van der Waals surface area contributed by atoms with Crippen LogP contribution in [0.25, 0.3) is 0 Å². The fourth-order valence-corrected chi connectivity index (χ4v) is 1.33. The van der Waals surface area contributed by atoms with Crippen molar-refractivity contribution in [2.45, 2.75) is 25.8 Å². The zero-order valence-electron chi connectivity index (χ0n) is 8.95. The second-order valence-corrected chi connectivity index (χ2v) is 3.39. The van der Waals surface area contributed by atoms with E-state index in [1.165, 1.54) is 0 Å². The maximum Gasteiger partial charge on any atom is 0.120 e. The van der Waals surface area contributed by atoms with Gasteiger partial charge in [0.25, 0.3) is 0 Å². The quantitative estimate of drug-likeness (QED) is 0.681. The number of unbranched alkanes of at least 4 members (excludes halogenated alkanes) is 1. The largest absolute Gasteiger partial charge is 0.468 e. The lowest BCUT2D eigenvalue weighted by Crippen LogP contribution is -2.19. The van der Waals surface area contributed by atoms with Gasteiger partial charge in [0, 0.05) is 13.7 Å². The Kier molecular flexibility index (Phi) is 5.33. The molecule has 0 aliphatic carbocycles. The molecule has 1 rings (SSSR count). The first kappa shape index (κ1) is 11.3. The lowest BCUT2D eigenvalue weighted by atomic mass is 10.2. The summed E-state index contributed by atoms with van der Waals surface area (Å²) in [4.78, 5) is 0. The van der Waals surface area contributed by atoms with Crippen molar-refractivity contribution >= 4 is 0 Å². The number of furan rings is 1. The highest BCUT2D eigenvalue weighted by Crippen LogP contribution is 2.11. The topological polar surface area (TPSA) is 34.4 Å². The zero-order chi connectivity index (χ0) is 10.2. The van der Waals surface area contributed by atoms with Gasteiger partial charge in [0.2, 0.25) is 0 Å². The van der Waals surface area contributed by atoms with E-state index in [2.05, 4.69) is 12.2 Å². The second kappa shape index (κ2) is 6.62. The van der Waals surface area contributed by atoms with Gasteiger partial charge in [-0.05, 0) is 38.4 Å². The number of hydrogen-bond donors (Lipinski definition) is 1. The van der Waals surface area contributed by atoms with Crippen molar-refractivity contribution in [1.29, 1.82) is 0 Å². The molecule has 1 aromatic rings. The van der Waals surface area contributed by atoms with E-state index < -0.39 is 0 Å². The van der Waals surface area contributed by atoms with Crippen LogP contribution in [0.15, 0.2) is 22.8 Å². The fourth-order valence-electron chi connectivity index (χ4n) is 1.33. The van der Waals surface area contributed by atoms with E-state index in [9.17, 15) is 0 Å². The molecule has 0 radical (unpaired) electrons. The SMILES string of the molecule is COCCCCN[C@@H](C)c1ccco1. The first-order chi connectivity index (χ1) is 6.84. The highest BCUT2D eigenvalue weighted by Gasteiger charge is 2.05. The van der Waals surface area contributed by atoms with E-state index in [-0.39, 0.29) is 0 Å². The second-order valence-electron chi connectivity index (χ2n) is 3.39. The van der Waals surface area contributed by atoms with Gasteiger partial charge < -0.3 is 14.5 Å². The lowest BCUT2D eigenvalue weighted by molar-refractivity contribution is 0.192. The molecule has 0 fully saturated rings. The molecule has 0 aromatic carbocycles. The molecule has 3 heteroatoms. The molecule has 0 aliphatic rings. The number of methoxy groups -OCH3 is 1. The summed E-state index contributed by atoms with van der Waals surface area (Å²) in [6, 6.07) is 4.21. The van der Waals surface area contributed by atoms with Crippen LogP contribution in [0, 0.1) is 0 Å². The maximum absolute atomic E-state index is 5.29. The molecule has 0 unspecified atom stereocenters. The standard InChI is InChI=1S/C11H19NO2/c1-10(11-6-5-9-14-11)12-7-3-4-8-13-2/h5-6,9-10,12H,3-4,7-8H2,1-2H3/t10-/m0/s1. The first-order valence-corrected chi connectivity index (χ1v) is 5.10. The Balaban J connectivity index is 2.07. The predicted octanol–water partition coefficient (Wildman–Crippen LogP) is 2.36. The minimum Gasteiger partial charge on any atom is -0.468 e. The average Bonchev–Trinajstić information content (AvgIpc) is 2.70. The van der Waals surface area contributed by atoms with Crippen LogP contribution >= 0.6 is 0 Å². The minimum atomic E-state index is 0.299. The summed E-state index contributed by atoms with van der Waals surface area (Å²) in [6.45, 7) is 3.96. The van der Waals surface area contributed by atoms with E-state index in [1.54, 1.807) is 13.4 Å². The van der Waals surface area contributed by atoms with E-state index in [4.69, 9.17) is 9.15 Å². The first-order valence-electron chi connectivity index (χ1n) is 5.10. The van der Waals surface area contributed by atoms with Crippen molar-refractivity contribution in [2.75, 3.05) is 20.3 Å². The van der Waals surface area contributed by atoms with Crippen molar-refractivity contribution in [3.63, 3.8) is 0 Å². The third kappa shape index (κ3) is 3.94. The van der Waals surface area contributed by atoms with Crippen molar-refractivity contribution in [3.05, 3.63) is 24.2 Å². The molecule has 80 valence electrons. The Bertz CT molecular complexity index is 221. The molecule has 1 aromatic heterocycles. The summed E-state index contributed by atoms with van der Waals surface area (Å²) >= 11 is 0. The molecule has 0 amide bonds. The number of rotatable bonds is 7.